The highest BCUT2D eigenvalue weighted by molar-refractivity contribution is 5.70. The van der Waals surface area contributed by atoms with Crippen molar-refractivity contribution in [2.45, 2.75) is 57.7 Å². The van der Waals surface area contributed by atoms with Gasteiger partial charge in [-0.15, -0.1) is 0 Å². The predicted molar refractivity (Wildman–Crippen MR) is 64.7 cm³/mol. The third kappa shape index (κ3) is 3.96. The molecule has 1 N–H and O–H groups in total. The molecular weight excluding hydrogens is 218 g/mol. The molecule has 2 rings (SSSR count). The number of piperidine rings is 1. The molecule has 0 aliphatic carbocycles. The summed E-state index contributed by atoms with van der Waals surface area (Å²) < 4.78 is 10.9. The first kappa shape index (κ1) is 12.8. The zero-order chi connectivity index (χ0) is 12.5. The molecule has 2 aliphatic heterocycles. The maximum atomic E-state index is 11.8. The standard InChI is InChI=1S/C13H23NO3/c1-13(2,3)17-12(15)6-9-4-10-7-16-8-11(5-9)14-10/h9-11,14H,4-8H2,1-3H3/t9?,10-,11+. The highest BCUT2D eigenvalue weighted by Gasteiger charge is 2.33. The average Bonchev–Trinajstić information content (AvgIpc) is 2.13. The van der Waals surface area contributed by atoms with Crippen molar-refractivity contribution in [3.05, 3.63) is 0 Å². The molecule has 4 nitrogen and oxygen atoms in total. The summed E-state index contributed by atoms with van der Waals surface area (Å²) in [4.78, 5) is 11.8. The Morgan fingerprint density at radius 1 is 1.29 bits per heavy atom. The molecule has 2 saturated heterocycles. The summed E-state index contributed by atoms with van der Waals surface area (Å²) in [7, 11) is 0. The van der Waals surface area contributed by atoms with E-state index in [1.54, 1.807) is 0 Å². The number of ether oxygens (including phenoxy) is 2. The number of carbonyl (C=O) groups excluding carboxylic acids is 1. The van der Waals surface area contributed by atoms with Crippen LogP contribution in [0.3, 0.4) is 0 Å². The number of esters is 1. The van der Waals surface area contributed by atoms with Crippen LogP contribution in [0.25, 0.3) is 0 Å². The molecule has 0 amide bonds. The van der Waals surface area contributed by atoms with Gasteiger partial charge >= 0.3 is 5.97 Å². The van der Waals surface area contributed by atoms with Gasteiger partial charge in [0.05, 0.1) is 13.2 Å². The van der Waals surface area contributed by atoms with Crippen LogP contribution in [0.4, 0.5) is 0 Å². The molecule has 0 radical (unpaired) electrons. The summed E-state index contributed by atoms with van der Waals surface area (Å²) in [6.07, 6.45) is 2.59. The summed E-state index contributed by atoms with van der Waals surface area (Å²) in [6.45, 7) is 7.30. The third-order valence-electron chi connectivity index (χ3n) is 3.22. The second-order valence-electron chi connectivity index (χ2n) is 6.23. The van der Waals surface area contributed by atoms with Gasteiger partial charge in [-0.3, -0.25) is 4.79 Å². The topological polar surface area (TPSA) is 47.6 Å². The second-order valence-corrected chi connectivity index (χ2v) is 6.23. The molecule has 2 bridgehead atoms. The van der Waals surface area contributed by atoms with E-state index in [4.69, 9.17) is 9.47 Å². The Bertz CT molecular complexity index is 273. The Balaban J connectivity index is 1.81. The van der Waals surface area contributed by atoms with E-state index in [0.717, 1.165) is 26.1 Å². The molecule has 98 valence electrons. The van der Waals surface area contributed by atoms with Crippen LogP contribution >= 0.6 is 0 Å². The van der Waals surface area contributed by atoms with Gasteiger partial charge in [0.2, 0.25) is 0 Å². The molecule has 0 aromatic carbocycles. The van der Waals surface area contributed by atoms with Crippen LogP contribution in [0.5, 0.6) is 0 Å². The zero-order valence-electron chi connectivity index (χ0n) is 11.0. The van der Waals surface area contributed by atoms with E-state index in [2.05, 4.69) is 5.32 Å². The first-order valence-corrected chi connectivity index (χ1v) is 6.48. The summed E-state index contributed by atoms with van der Waals surface area (Å²) in [5.74, 6) is 0.383. The Labute approximate surface area is 103 Å². The van der Waals surface area contributed by atoms with Crippen LogP contribution in [-0.2, 0) is 14.3 Å². The number of rotatable bonds is 2. The highest BCUT2D eigenvalue weighted by atomic mass is 16.6. The van der Waals surface area contributed by atoms with E-state index in [9.17, 15) is 4.79 Å². The van der Waals surface area contributed by atoms with Gasteiger partial charge in [0.25, 0.3) is 0 Å². The lowest BCUT2D eigenvalue weighted by atomic mass is 9.85. The largest absolute Gasteiger partial charge is 0.460 e. The smallest absolute Gasteiger partial charge is 0.306 e. The molecule has 3 atom stereocenters. The molecule has 2 aliphatic rings. The Kier molecular flexibility index (Phi) is 3.73. The molecule has 17 heavy (non-hydrogen) atoms. The summed E-state index contributed by atoms with van der Waals surface area (Å²) in [5.41, 5.74) is -0.372. The fraction of sp³-hybridized carbons (Fsp3) is 0.923. The lowest BCUT2D eigenvalue weighted by Crippen LogP contribution is -2.54. The predicted octanol–water partition coefficient (Wildman–Crippen LogP) is 1.49. The van der Waals surface area contributed by atoms with Gasteiger partial charge in [0.15, 0.2) is 0 Å². The molecular formula is C13H23NO3. The summed E-state index contributed by atoms with van der Waals surface area (Å²) in [5, 5.41) is 3.53. The van der Waals surface area contributed by atoms with E-state index in [1.165, 1.54) is 0 Å². The van der Waals surface area contributed by atoms with Crippen LogP contribution in [0.2, 0.25) is 0 Å². The van der Waals surface area contributed by atoms with E-state index >= 15 is 0 Å². The van der Waals surface area contributed by atoms with Crippen LogP contribution in [0.1, 0.15) is 40.0 Å². The van der Waals surface area contributed by atoms with Crippen molar-refractivity contribution >= 4 is 5.97 Å². The fourth-order valence-corrected chi connectivity index (χ4v) is 2.74. The number of carbonyl (C=O) groups is 1. The molecule has 0 saturated carbocycles. The maximum absolute atomic E-state index is 11.8. The van der Waals surface area contributed by atoms with Gasteiger partial charge in [-0.05, 0) is 39.5 Å². The van der Waals surface area contributed by atoms with Gasteiger partial charge in [-0.1, -0.05) is 0 Å². The number of fused-ring (bicyclic) bond motifs is 2. The summed E-state index contributed by atoms with van der Waals surface area (Å²) >= 11 is 0. The maximum Gasteiger partial charge on any atom is 0.306 e. The average molecular weight is 241 g/mol. The zero-order valence-corrected chi connectivity index (χ0v) is 11.0. The van der Waals surface area contributed by atoms with Crippen molar-refractivity contribution in [3.63, 3.8) is 0 Å². The third-order valence-corrected chi connectivity index (χ3v) is 3.22. The molecule has 0 aromatic heterocycles. The number of morpholine rings is 1. The number of nitrogens with one attached hydrogen (secondary N) is 1. The van der Waals surface area contributed by atoms with Crippen LogP contribution in [0, 0.1) is 5.92 Å². The first-order chi connectivity index (χ1) is 7.92. The van der Waals surface area contributed by atoms with Crippen LogP contribution in [-0.4, -0.2) is 36.9 Å². The van der Waals surface area contributed by atoms with E-state index < -0.39 is 0 Å². The van der Waals surface area contributed by atoms with Crippen LogP contribution in [0.15, 0.2) is 0 Å². The molecule has 4 heteroatoms. The number of hydrogen-bond donors (Lipinski definition) is 1. The van der Waals surface area contributed by atoms with Gasteiger partial charge in [0.1, 0.15) is 5.60 Å². The SMILES string of the molecule is CC(C)(C)OC(=O)CC1C[C@H]2COC[C@@H](C1)N2. The van der Waals surface area contributed by atoms with Gasteiger partial charge < -0.3 is 14.8 Å². The van der Waals surface area contributed by atoms with Crippen molar-refractivity contribution in [1.29, 1.82) is 0 Å². The van der Waals surface area contributed by atoms with Crippen molar-refractivity contribution in [2.24, 2.45) is 5.92 Å². The van der Waals surface area contributed by atoms with Gasteiger partial charge in [0, 0.05) is 18.5 Å². The normalized spacial score (nSPS) is 33.2. The van der Waals surface area contributed by atoms with Crippen molar-refractivity contribution in [1.82, 2.24) is 5.32 Å². The summed E-state index contributed by atoms with van der Waals surface area (Å²) in [6, 6.07) is 0.852. The van der Waals surface area contributed by atoms with Gasteiger partial charge in [-0.2, -0.15) is 0 Å². The molecule has 1 unspecified atom stereocenters. The van der Waals surface area contributed by atoms with Crippen LogP contribution < -0.4 is 5.32 Å². The second kappa shape index (κ2) is 4.94. The first-order valence-electron chi connectivity index (χ1n) is 6.48. The monoisotopic (exact) mass is 241 g/mol. The van der Waals surface area contributed by atoms with Gasteiger partial charge in [-0.25, -0.2) is 0 Å². The lowest BCUT2D eigenvalue weighted by Gasteiger charge is -2.40. The minimum absolute atomic E-state index is 0.0663. The van der Waals surface area contributed by atoms with Crippen molar-refractivity contribution in [3.8, 4) is 0 Å². The molecule has 2 fully saturated rings. The molecule has 0 aromatic rings. The van der Waals surface area contributed by atoms with E-state index in [0.29, 0.717) is 24.4 Å². The van der Waals surface area contributed by atoms with E-state index in [-0.39, 0.29) is 11.6 Å². The van der Waals surface area contributed by atoms with E-state index in [1.807, 2.05) is 20.8 Å². The van der Waals surface area contributed by atoms with Crippen molar-refractivity contribution in [2.75, 3.05) is 13.2 Å². The lowest BCUT2D eigenvalue weighted by molar-refractivity contribution is -0.156. The quantitative estimate of drug-likeness (QED) is 0.744. The van der Waals surface area contributed by atoms with Crippen molar-refractivity contribution < 1.29 is 14.3 Å². The molecule has 2 heterocycles. The Morgan fingerprint density at radius 3 is 2.41 bits per heavy atom. The minimum atomic E-state index is -0.372. The Morgan fingerprint density at radius 2 is 1.88 bits per heavy atom. The fourth-order valence-electron chi connectivity index (χ4n) is 2.74. The number of hydrogen-bond acceptors (Lipinski definition) is 4. The highest BCUT2D eigenvalue weighted by Crippen LogP contribution is 2.27. The molecule has 0 spiro atoms. The minimum Gasteiger partial charge on any atom is -0.460 e. The Hall–Kier alpha value is -0.610.